The van der Waals surface area contributed by atoms with Gasteiger partial charge in [-0.2, -0.15) is 4.98 Å². The zero-order chi connectivity index (χ0) is 11.3. The van der Waals surface area contributed by atoms with Crippen molar-refractivity contribution in [2.45, 2.75) is 6.92 Å². The Hall–Kier alpha value is -0.460. The van der Waals surface area contributed by atoms with Gasteiger partial charge in [0.25, 0.3) is 0 Å². The van der Waals surface area contributed by atoms with Crippen LogP contribution in [0.3, 0.4) is 0 Å². The topological polar surface area (TPSA) is 67.8 Å². The van der Waals surface area contributed by atoms with Crippen LogP contribution in [0.5, 0.6) is 0 Å². The lowest BCUT2D eigenvalue weighted by molar-refractivity contribution is 0.684. The number of hydrogen-bond donors (Lipinski definition) is 1. The Labute approximate surface area is 100 Å². The van der Waals surface area contributed by atoms with Gasteiger partial charge < -0.3 is 5.32 Å². The van der Waals surface area contributed by atoms with Gasteiger partial charge in [-0.3, -0.25) is 4.21 Å². The van der Waals surface area contributed by atoms with Crippen molar-refractivity contribution in [3.63, 3.8) is 0 Å². The average Bonchev–Trinajstić information content (AvgIpc) is 2.23. The molecule has 0 bridgehead atoms. The summed E-state index contributed by atoms with van der Waals surface area (Å²) in [5, 5.41) is 10.1. The molecule has 1 heterocycles. The number of aromatic nitrogens is 3. The molecule has 1 aromatic rings. The molecule has 0 spiro atoms. The summed E-state index contributed by atoms with van der Waals surface area (Å²) in [6.07, 6.45) is 0. The molecule has 0 aliphatic carbocycles. The molecule has 15 heavy (non-hydrogen) atoms. The molecule has 1 aromatic heterocycles. The first-order valence-corrected chi connectivity index (χ1v) is 6.52. The third-order valence-electron chi connectivity index (χ3n) is 1.56. The molecule has 0 aromatic carbocycles. The van der Waals surface area contributed by atoms with E-state index in [1.807, 2.05) is 6.92 Å². The first-order valence-electron chi connectivity index (χ1n) is 4.28. The van der Waals surface area contributed by atoms with E-state index in [9.17, 15) is 4.21 Å². The zero-order valence-corrected chi connectivity index (χ0v) is 10.4. The van der Waals surface area contributed by atoms with Crippen molar-refractivity contribution in [2.24, 2.45) is 0 Å². The van der Waals surface area contributed by atoms with Crippen molar-refractivity contribution in [2.75, 3.05) is 23.4 Å². The first-order chi connectivity index (χ1) is 7.13. The van der Waals surface area contributed by atoms with Crippen LogP contribution in [0.2, 0.25) is 10.4 Å². The summed E-state index contributed by atoms with van der Waals surface area (Å²) in [7, 11) is -0.815. The third kappa shape index (κ3) is 4.27. The van der Waals surface area contributed by atoms with Crippen LogP contribution in [-0.2, 0) is 10.8 Å². The van der Waals surface area contributed by atoms with Crippen LogP contribution < -0.4 is 5.32 Å². The van der Waals surface area contributed by atoms with Gasteiger partial charge in [0, 0.05) is 28.9 Å². The van der Waals surface area contributed by atoms with Crippen LogP contribution in [-0.4, -0.2) is 37.4 Å². The summed E-state index contributed by atoms with van der Waals surface area (Å²) in [5.41, 5.74) is 0. The minimum Gasteiger partial charge on any atom is -0.366 e. The summed E-state index contributed by atoms with van der Waals surface area (Å²) in [6, 6.07) is 0. The standard InChI is InChI=1S/C7H10Cl2N4OS/c1-2-15(14)4-3-10-6-5(8)12-13-7(9)11-6/h2-4H2,1H3,(H,10,11,13). The van der Waals surface area contributed by atoms with E-state index < -0.39 is 10.8 Å². The van der Waals surface area contributed by atoms with Gasteiger partial charge in [-0.1, -0.05) is 18.5 Å². The highest BCUT2D eigenvalue weighted by Crippen LogP contribution is 2.15. The van der Waals surface area contributed by atoms with Gasteiger partial charge in [0.1, 0.15) is 0 Å². The summed E-state index contributed by atoms with van der Waals surface area (Å²) in [5.74, 6) is 1.54. The Bertz CT molecular complexity index is 363. The molecule has 1 N–H and O–H groups in total. The second-order valence-electron chi connectivity index (χ2n) is 2.58. The Morgan fingerprint density at radius 3 is 2.80 bits per heavy atom. The Morgan fingerprint density at radius 2 is 2.13 bits per heavy atom. The highest BCUT2D eigenvalue weighted by atomic mass is 35.5. The predicted octanol–water partition coefficient (Wildman–Crippen LogP) is 1.36. The highest BCUT2D eigenvalue weighted by Gasteiger charge is 2.05. The van der Waals surface area contributed by atoms with Crippen molar-refractivity contribution in [1.82, 2.24) is 15.2 Å². The van der Waals surface area contributed by atoms with Crippen LogP contribution in [0, 0.1) is 0 Å². The van der Waals surface area contributed by atoms with E-state index in [2.05, 4.69) is 20.5 Å². The molecule has 5 nitrogen and oxygen atoms in total. The van der Waals surface area contributed by atoms with E-state index in [1.54, 1.807) is 0 Å². The lowest BCUT2D eigenvalue weighted by atomic mass is 10.6. The molecular formula is C7H10Cl2N4OS. The molecule has 0 aliphatic heterocycles. The van der Waals surface area contributed by atoms with Crippen molar-refractivity contribution in [3.05, 3.63) is 10.4 Å². The summed E-state index contributed by atoms with van der Waals surface area (Å²) >= 11 is 11.3. The average molecular weight is 269 g/mol. The number of nitrogens with zero attached hydrogens (tertiary/aromatic N) is 3. The second-order valence-corrected chi connectivity index (χ2v) is 5.14. The van der Waals surface area contributed by atoms with Crippen molar-refractivity contribution in [3.8, 4) is 0 Å². The predicted molar refractivity (Wildman–Crippen MR) is 61.9 cm³/mol. The first kappa shape index (κ1) is 12.6. The molecule has 0 amide bonds. The third-order valence-corrected chi connectivity index (χ3v) is 3.28. The molecule has 1 rings (SSSR count). The largest absolute Gasteiger partial charge is 0.366 e. The van der Waals surface area contributed by atoms with Crippen LogP contribution >= 0.6 is 23.2 Å². The lowest BCUT2D eigenvalue weighted by Crippen LogP contribution is -2.13. The molecule has 0 radical (unpaired) electrons. The van der Waals surface area contributed by atoms with Gasteiger partial charge in [-0.05, 0) is 11.6 Å². The van der Waals surface area contributed by atoms with E-state index in [4.69, 9.17) is 23.2 Å². The lowest BCUT2D eigenvalue weighted by Gasteiger charge is -2.05. The minimum atomic E-state index is -0.815. The molecule has 1 atom stereocenters. The molecule has 0 fully saturated rings. The Kier molecular flexibility index (Phi) is 5.21. The minimum absolute atomic E-state index is 0.0264. The van der Waals surface area contributed by atoms with Gasteiger partial charge in [0.2, 0.25) is 5.28 Å². The fraction of sp³-hybridized carbons (Fsp3) is 0.571. The monoisotopic (exact) mass is 268 g/mol. The summed E-state index contributed by atoms with van der Waals surface area (Å²) < 4.78 is 11.1. The highest BCUT2D eigenvalue weighted by molar-refractivity contribution is 7.84. The second kappa shape index (κ2) is 6.19. The summed E-state index contributed by atoms with van der Waals surface area (Å²) in [6.45, 7) is 2.38. The molecule has 0 saturated heterocycles. The normalized spacial score (nSPS) is 12.5. The fourth-order valence-electron chi connectivity index (χ4n) is 0.833. The van der Waals surface area contributed by atoms with Crippen molar-refractivity contribution in [1.29, 1.82) is 0 Å². The maximum atomic E-state index is 11.1. The Morgan fingerprint density at radius 1 is 1.40 bits per heavy atom. The van der Waals surface area contributed by atoms with Gasteiger partial charge in [0.15, 0.2) is 11.0 Å². The number of nitrogens with one attached hydrogen (secondary N) is 1. The summed E-state index contributed by atoms with van der Waals surface area (Å²) in [4.78, 5) is 3.85. The SMILES string of the molecule is CCS(=O)CCNc1nc(Cl)nnc1Cl. The van der Waals surface area contributed by atoms with Crippen molar-refractivity contribution < 1.29 is 4.21 Å². The smallest absolute Gasteiger partial charge is 0.245 e. The quantitative estimate of drug-likeness (QED) is 0.874. The molecule has 8 heteroatoms. The van der Waals surface area contributed by atoms with E-state index >= 15 is 0 Å². The fourth-order valence-corrected chi connectivity index (χ4v) is 1.72. The van der Waals surface area contributed by atoms with E-state index in [-0.39, 0.29) is 10.4 Å². The van der Waals surface area contributed by atoms with Gasteiger partial charge in [-0.25, -0.2) is 0 Å². The Balaban J connectivity index is 2.50. The molecule has 0 aliphatic rings. The number of hydrogen-bond acceptors (Lipinski definition) is 5. The van der Waals surface area contributed by atoms with Crippen molar-refractivity contribution >= 4 is 39.8 Å². The van der Waals surface area contributed by atoms with Crippen LogP contribution in [0.1, 0.15) is 6.92 Å². The maximum absolute atomic E-state index is 11.1. The molecule has 84 valence electrons. The number of anilines is 1. The van der Waals surface area contributed by atoms with Crippen LogP contribution in [0.4, 0.5) is 5.82 Å². The zero-order valence-electron chi connectivity index (χ0n) is 8.04. The van der Waals surface area contributed by atoms with Crippen LogP contribution in [0.15, 0.2) is 0 Å². The molecule has 1 unspecified atom stereocenters. The molecule has 0 saturated carbocycles. The number of rotatable bonds is 5. The van der Waals surface area contributed by atoms with E-state index in [0.29, 0.717) is 23.9 Å². The van der Waals surface area contributed by atoms with E-state index in [0.717, 1.165) is 0 Å². The van der Waals surface area contributed by atoms with Gasteiger partial charge in [0.05, 0.1) is 0 Å². The molecular weight excluding hydrogens is 259 g/mol. The number of halogens is 2. The van der Waals surface area contributed by atoms with Crippen LogP contribution in [0.25, 0.3) is 0 Å². The van der Waals surface area contributed by atoms with E-state index in [1.165, 1.54) is 0 Å². The van der Waals surface area contributed by atoms with Gasteiger partial charge >= 0.3 is 0 Å². The maximum Gasteiger partial charge on any atom is 0.245 e. The van der Waals surface area contributed by atoms with Gasteiger partial charge in [-0.15, -0.1) is 10.2 Å².